The maximum atomic E-state index is 5.42. The Morgan fingerprint density at radius 2 is 2.07 bits per heavy atom. The van der Waals surface area contributed by atoms with Gasteiger partial charge in [-0.25, -0.2) is 9.98 Å². The van der Waals surface area contributed by atoms with Crippen molar-refractivity contribution in [3.05, 3.63) is 40.3 Å². The molecule has 5 nitrogen and oxygen atoms in total. The minimum absolute atomic E-state index is 0. The maximum absolute atomic E-state index is 5.42. The van der Waals surface area contributed by atoms with Gasteiger partial charge in [0, 0.05) is 34.8 Å². The molecule has 0 saturated carbocycles. The third-order valence-electron chi connectivity index (χ3n) is 3.88. The van der Waals surface area contributed by atoms with Gasteiger partial charge in [-0.05, 0) is 31.4 Å². The van der Waals surface area contributed by atoms with Crippen LogP contribution in [0.3, 0.4) is 0 Å². The van der Waals surface area contributed by atoms with E-state index in [0.29, 0.717) is 12.5 Å². The first-order valence-electron chi connectivity index (χ1n) is 9.37. The molecule has 0 amide bonds. The van der Waals surface area contributed by atoms with Crippen molar-refractivity contribution in [2.45, 2.75) is 38.6 Å². The molecule has 0 saturated heterocycles. The number of halogens is 1. The van der Waals surface area contributed by atoms with Crippen LogP contribution in [-0.2, 0) is 13.0 Å². The van der Waals surface area contributed by atoms with Crippen molar-refractivity contribution >= 4 is 53.0 Å². The number of nitrogens with zero attached hydrogens (tertiary/aromatic N) is 2. The summed E-state index contributed by atoms with van der Waals surface area (Å²) in [5.74, 6) is 3.29. The van der Waals surface area contributed by atoms with Crippen LogP contribution in [0.5, 0.6) is 5.75 Å². The Bertz CT molecular complexity index is 724. The minimum Gasteiger partial charge on any atom is -0.496 e. The van der Waals surface area contributed by atoms with Crippen LogP contribution >= 0.6 is 47.1 Å². The molecule has 0 radical (unpaired) electrons. The second kappa shape index (κ2) is 14.1. The van der Waals surface area contributed by atoms with E-state index in [4.69, 9.17) is 4.74 Å². The third-order valence-corrected chi connectivity index (χ3v) is 6.39. The van der Waals surface area contributed by atoms with E-state index in [0.717, 1.165) is 42.0 Å². The summed E-state index contributed by atoms with van der Waals surface area (Å²) in [6.45, 7) is 8.80. The van der Waals surface area contributed by atoms with E-state index in [1.54, 1.807) is 18.4 Å². The fraction of sp³-hybridized carbons (Fsp3) is 0.500. The Morgan fingerprint density at radius 1 is 1.29 bits per heavy atom. The van der Waals surface area contributed by atoms with Gasteiger partial charge in [-0.2, -0.15) is 0 Å². The first-order valence-corrected chi connectivity index (χ1v) is 11.2. The molecular formula is C20H31IN4OS2. The van der Waals surface area contributed by atoms with Crippen LogP contribution in [0, 0.1) is 5.92 Å². The van der Waals surface area contributed by atoms with E-state index in [9.17, 15) is 0 Å². The molecule has 0 aliphatic heterocycles. The number of benzene rings is 1. The number of hydrogen-bond acceptors (Lipinski definition) is 5. The summed E-state index contributed by atoms with van der Waals surface area (Å²) >= 11 is 3.56. The van der Waals surface area contributed by atoms with E-state index < -0.39 is 0 Å². The van der Waals surface area contributed by atoms with E-state index in [2.05, 4.69) is 47.4 Å². The molecule has 2 aromatic rings. The van der Waals surface area contributed by atoms with Gasteiger partial charge in [-0.1, -0.05) is 26.0 Å². The number of nitrogens with one attached hydrogen (secondary N) is 2. The summed E-state index contributed by atoms with van der Waals surface area (Å²) in [5, 5.41) is 7.82. The van der Waals surface area contributed by atoms with Gasteiger partial charge in [0.25, 0.3) is 0 Å². The maximum Gasteiger partial charge on any atom is 0.191 e. The summed E-state index contributed by atoms with van der Waals surface area (Å²) in [7, 11) is 1.72. The summed E-state index contributed by atoms with van der Waals surface area (Å²) in [6.07, 6.45) is 2.98. The molecule has 28 heavy (non-hydrogen) atoms. The highest BCUT2D eigenvalue weighted by atomic mass is 127. The van der Waals surface area contributed by atoms with Gasteiger partial charge < -0.3 is 15.4 Å². The number of aromatic nitrogens is 1. The van der Waals surface area contributed by atoms with Gasteiger partial charge in [-0.15, -0.1) is 47.1 Å². The Hall–Kier alpha value is -1.000. The quantitative estimate of drug-likeness (QED) is 0.198. The van der Waals surface area contributed by atoms with Crippen LogP contribution in [-0.4, -0.2) is 36.9 Å². The lowest BCUT2D eigenvalue weighted by Crippen LogP contribution is -2.39. The predicted molar refractivity (Wildman–Crippen MR) is 133 cm³/mol. The number of thioether (sulfide) groups is 1. The summed E-state index contributed by atoms with van der Waals surface area (Å²) in [4.78, 5) is 11.6. The van der Waals surface area contributed by atoms with Crippen LogP contribution in [0.4, 0.5) is 0 Å². The number of guanidine groups is 1. The molecule has 1 aromatic carbocycles. The van der Waals surface area contributed by atoms with Crippen molar-refractivity contribution in [3.8, 4) is 5.75 Å². The van der Waals surface area contributed by atoms with Gasteiger partial charge in [0.1, 0.15) is 10.8 Å². The number of thiazole rings is 1. The van der Waals surface area contributed by atoms with Crippen LogP contribution in [0.15, 0.2) is 40.4 Å². The Balaban J connectivity index is 0.00000392. The molecule has 1 unspecified atom stereocenters. The summed E-state index contributed by atoms with van der Waals surface area (Å²) in [5.41, 5.74) is 0. The molecule has 0 bridgehead atoms. The fourth-order valence-corrected chi connectivity index (χ4v) is 4.21. The van der Waals surface area contributed by atoms with Crippen molar-refractivity contribution in [2.75, 3.05) is 26.0 Å². The van der Waals surface area contributed by atoms with Gasteiger partial charge in [0.15, 0.2) is 5.96 Å². The highest BCUT2D eigenvalue weighted by Gasteiger charge is 2.08. The number of aryl methyl sites for hydroxylation is 1. The van der Waals surface area contributed by atoms with E-state index in [-0.39, 0.29) is 24.0 Å². The van der Waals surface area contributed by atoms with Crippen molar-refractivity contribution in [1.29, 1.82) is 0 Å². The highest BCUT2D eigenvalue weighted by molar-refractivity contribution is 14.0. The lowest BCUT2D eigenvalue weighted by Gasteiger charge is -2.16. The summed E-state index contributed by atoms with van der Waals surface area (Å²) in [6, 6.07) is 8.16. The standard InChI is InChI=1S/C20H30N4OS2.HI/c1-5-16-12-22-19(27-16)13-24-20(21-6-2)23-11-15(3)14-26-18-10-8-7-9-17(18)25-4;/h7-10,12,15H,5-6,11,13-14H2,1-4H3,(H2,21,23,24);1H. The third kappa shape index (κ3) is 8.57. The second-order valence-electron chi connectivity index (χ2n) is 6.22. The van der Waals surface area contributed by atoms with Crippen LogP contribution in [0.2, 0.25) is 0 Å². The van der Waals surface area contributed by atoms with Crippen molar-refractivity contribution < 1.29 is 4.74 Å². The molecule has 1 heterocycles. The average Bonchev–Trinajstić information content (AvgIpc) is 3.16. The number of rotatable bonds is 10. The topological polar surface area (TPSA) is 58.5 Å². The number of methoxy groups -OCH3 is 1. The first kappa shape index (κ1) is 25.0. The zero-order chi connectivity index (χ0) is 19.5. The van der Waals surface area contributed by atoms with Crippen LogP contribution in [0.25, 0.3) is 0 Å². The van der Waals surface area contributed by atoms with Crippen LogP contribution in [0.1, 0.15) is 30.7 Å². The van der Waals surface area contributed by atoms with E-state index in [1.165, 1.54) is 9.77 Å². The Morgan fingerprint density at radius 3 is 2.75 bits per heavy atom. The first-order chi connectivity index (χ1) is 13.2. The number of hydrogen-bond donors (Lipinski definition) is 2. The number of aliphatic imine (C=N–C) groups is 1. The SMILES string of the molecule is CCNC(=NCc1ncc(CC)s1)NCC(C)CSc1ccccc1OC.I. The molecule has 0 aliphatic rings. The molecule has 2 N–H and O–H groups in total. The molecule has 8 heteroatoms. The van der Waals surface area contributed by atoms with Crippen LogP contribution < -0.4 is 15.4 Å². The number of ether oxygens (including phenoxy) is 1. The van der Waals surface area contributed by atoms with Gasteiger partial charge in [0.05, 0.1) is 13.7 Å². The predicted octanol–water partition coefficient (Wildman–Crippen LogP) is 4.82. The molecule has 0 aliphatic carbocycles. The molecule has 2 rings (SSSR count). The molecule has 0 spiro atoms. The zero-order valence-electron chi connectivity index (χ0n) is 17.0. The monoisotopic (exact) mass is 534 g/mol. The largest absolute Gasteiger partial charge is 0.496 e. The van der Waals surface area contributed by atoms with Gasteiger partial charge >= 0.3 is 0 Å². The second-order valence-corrected chi connectivity index (χ2v) is 8.48. The van der Waals surface area contributed by atoms with Gasteiger partial charge in [-0.3, -0.25) is 0 Å². The molecule has 1 aromatic heterocycles. The normalized spacial score (nSPS) is 12.2. The molecular weight excluding hydrogens is 503 g/mol. The molecule has 156 valence electrons. The Labute approximate surface area is 194 Å². The number of para-hydroxylation sites is 1. The minimum atomic E-state index is 0. The Kier molecular flexibility index (Phi) is 12.6. The lowest BCUT2D eigenvalue weighted by atomic mass is 10.2. The average molecular weight is 535 g/mol. The molecule has 0 fully saturated rings. The van der Waals surface area contributed by atoms with Gasteiger partial charge in [0.2, 0.25) is 0 Å². The van der Waals surface area contributed by atoms with Crippen molar-refractivity contribution in [3.63, 3.8) is 0 Å². The fourth-order valence-electron chi connectivity index (χ4n) is 2.37. The van der Waals surface area contributed by atoms with E-state index in [1.807, 2.05) is 36.2 Å². The summed E-state index contributed by atoms with van der Waals surface area (Å²) < 4.78 is 5.42. The molecule has 1 atom stereocenters. The van der Waals surface area contributed by atoms with Crippen molar-refractivity contribution in [1.82, 2.24) is 15.6 Å². The van der Waals surface area contributed by atoms with Crippen molar-refractivity contribution in [2.24, 2.45) is 10.9 Å². The zero-order valence-corrected chi connectivity index (χ0v) is 21.0. The lowest BCUT2D eigenvalue weighted by molar-refractivity contribution is 0.405. The smallest absolute Gasteiger partial charge is 0.191 e. The highest BCUT2D eigenvalue weighted by Crippen LogP contribution is 2.29. The van der Waals surface area contributed by atoms with E-state index >= 15 is 0 Å².